The molecule has 0 aliphatic carbocycles. The Hall–Kier alpha value is -0.180. The van der Waals surface area contributed by atoms with E-state index < -0.39 is 0 Å². The highest BCUT2D eigenvalue weighted by atomic mass is 35.5. The summed E-state index contributed by atoms with van der Waals surface area (Å²) in [6.45, 7) is 2.29. The van der Waals surface area contributed by atoms with Gasteiger partial charge in [0.2, 0.25) is 0 Å². The fourth-order valence-corrected chi connectivity index (χ4v) is 2.66. The molecule has 0 aliphatic heterocycles. The minimum atomic E-state index is 0.0906. The summed E-state index contributed by atoms with van der Waals surface area (Å²) in [4.78, 5) is 1.11. The first-order valence-corrected chi connectivity index (χ1v) is 6.66. The van der Waals surface area contributed by atoms with Crippen molar-refractivity contribution in [3.05, 3.63) is 28.8 Å². The number of unbranched alkanes of at least 4 members (excludes halogenated alkanes) is 2. The molecule has 0 bridgehead atoms. The van der Waals surface area contributed by atoms with Crippen molar-refractivity contribution in [1.82, 2.24) is 0 Å². The van der Waals surface area contributed by atoms with Crippen LogP contribution in [-0.4, -0.2) is 10.9 Å². The molecule has 0 amide bonds. The summed E-state index contributed by atoms with van der Waals surface area (Å²) in [6.07, 6.45) is 3.73. The van der Waals surface area contributed by atoms with Crippen LogP contribution in [-0.2, 0) is 6.61 Å². The van der Waals surface area contributed by atoms with Gasteiger partial charge in [-0.05, 0) is 29.9 Å². The highest BCUT2D eigenvalue weighted by molar-refractivity contribution is 7.99. The van der Waals surface area contributed by atoms with Gasteiger partial charge in [-0.1, -0.05) is 37.4 Å². The lowest BCUT2D eigenvalue weighted by Gasteiger charge is -2.07. The van der Waals surface area contributed by atoms with Crippen LogP contribution in [0, 0.1) is 0 Å². The molecule has 0 heterocycles. The number of aliphatic hydroxyl groups is 1. The molecule has 0 saturated carbocycles. The monoisotopic (exact) mass is 244 g/mol. The third-order valence-corrected chi connectivity index (χ3v) is 3.62. The summed E-state index contributed by atoms with van der Waals surface area (Å²) in [5.41, 5.74) is 0.973. The quantitative estimate of drug-likeness (QED) is 0.600. The smallest absolute Gasteiger partial charge is 0.0692 e. The molecule has 1 N–H and O–H groups in total. The summed E-state index contributed by atoms with van der Waals surface area (Å²) in [7, 11) is 0. The Morgan fingerprint density at radius 3 is 2.80 bits per heavy atom. The lowest BCUT2D eigenvalue weighted by Crippen LogP contribution is -1.89. The highest BCUT2D eigenvalue weighted by Gasteiger charge is 2.02. The second-order valence-electron chi connectivity index (χ2n) is 3.47. The van der Waals surface area contributed by atoms with E-state index in [4.69, 9.17) is 16.7 Å². The van der Waals surface area contributed by atoms with Gasteiger partial charge in [-0.25, -0.2) is 0 Å². The standard InChI is InChI=1S/C12H17ClOS/c1-2-3-4-7-15-12-8-11(13)6-5-10(12)9-14/h5-6,8,14H,2-4,7,9H2,1H3. The molecular weight excluding hydrogens is 228 g/mol. The SMILES string of the molecule is CCCCCSc1cc(Cl)ccc1CO. The van der Waals surface area contributed by atoms with Crippen molar-refractivity contribution in [2.24, 2.45) is 0 Å². The molecule has 1 aromatic rings. The Kier molecular flexibility index (Phi) is 6.15. The van der Waals surface area contributed by atoms with Gasteiger partial charge >= 0.3 is 0 Å². The summed E-state index contributed by atoms with van der Waals surface area (Å²) in [5.74, 6) is 1.10. The van der Waals surface area contributed by atoms with Gasteiger partial charge in [-0.15, -0.1) is 11.8 Å². The average Bonchev–Trinajstić information content (AvgIpc) is 2.25. The number of rotatable bonds is 6. The van der Waals surface area contributed by atoms with E-state index >= 15 is 0 Å². The van der Waals surface area contributed by atoms with Crippen LogP contribution >= 0.6 is 23.4 Å². The zero-order chi connectivity index (χ0) is 11.1. The predicted molar refractivity (Wildman–Crippen MR) is 67.6 cm³/mol. The van der Waals surface area contributed by atoms with Gasteiger partial charge in [0.05, 0.1) is 6.61 Å². The van der Waals surface area contributed by atoms with Crippen molar-refractivity contribution in [1.29, 1.82) is 0 Å². The molecule has 0 fully saturated rings. The van der Waals surface area contributed by atoms with E-state index in [1.54, 1.807) is 11.8 Å². The van der Waals surface area contributed by atoms with Crippen LogP contribution in [0.1, 0.15) is 31.7 Å². The van der Waals surface area contributed by atoms with Crippen molar-refractivity contribution in [3.8, 4) is 0 Å². The molecule has 1 nitrogen and oxygen atoms in total. The maximum Gasteiger partial charge on any atom is 0.0692 e. The first-order chi connectivity index (χ1) is 7.27. The predicted octanol–water partition coefficient (Wildman–Crippen LogP) is 4.11. The number of benzene rings is 1. The van der Waals surface area contributed by atoms with Crippen LogP contribution in [0.15, 0.2) is 23.1 Å². The third kappa shape index (κ3) is 4.45. The Labute approximate surface area is 101 Å². The molecule has 0 atom stereocenters. The minimum absolute atomic E-state index is 0.0906. The molecule has 0 unspecified atom stereocenters. The van der Waals surface area contributed by atoms with Crippen molar-refractivity contribution in [3.63, 3.8) is 0 Å². The summed E-state index contributed by atoms with van der Waals surface area (Å²) >= 11 is 7.70. The van der Waals surface area contributed by atoms with Crippen molar-refractivity contribution in [2.45, 2.75) is 37.7 Å². The molecule has 0 radical (unpaired) electrons. The fraction of sp³-hybridized carbons (Fsp3) is 0.500. The van der Waals surface area contributed by atoms with Gasteiger partial charge in [0.15, 0.2) is 0 Å². The van der Waals surface area contributed by atoms with Gasteiger partial charge < -0.3 is 5.11 Å². The van der Waals surface area contributed by atoms with Crippen molar-refractivity contribution in [2.75, 3.05) is 5.75 Å². The molecule has 84 valence electrons. The van der Waals surface area contributed by atoms with E-state index in [9.17, 15) is 0 Å². The minimum Gasteiger partial charge on any atom is -0.392 e. The number of halogens is 1. The fourth-order valence-electron chi connectivity index (χ4n) is 1.33. The molecule has 1 aromatic carbocycles. The average molecular weight is 245 g/mol. The van der Waals surface area contributed by atoms with E-state index in [0.717, 1.165) is 21.2 Å². The van der Waals surface area contributed by atoms with E-state index in [1.807, 2.05) is 18.2 Å². The summed E-state index contributed by atoms with van der Waals surface area (Å²) < 4.78 is 0. The van der Waals surface area contributed by atoms with Gasteiger partial charge in [-0.2, -0.15) is 0 Å². The van der Waals surface area contributed by atoms with Crippen molar-refractivity contribution < 1.29 is 5.11 Å². The lowest BCUT2D eigenvalue weighted by molar-refractivity contribution is 0.279. The Balaban J connectivity index is 2.54. The van der Waals surface area contributed by atoms with Crippen LogP contribution in [0.4, 0.5) is 0 Å². The van der Waals surface area contributed by atoms with Gasteiger partial charge in [0.1, 0.15) is 0 Å². The number of aliphatic hydroxyl groups excluding tert-OH is 1. The highest BCUT2D eigenvalue weighted by Crippen LogP contribution is 2.27. The van der Waals surface area contributed by atoms with E-state index in [-0.39, 0.29) is 6.61 Å². The van der Waals surface area contributed by atoms with E-state index in [2.05, 4.69) is 6.92 Å². The van der Waals surface area contributed by atoms with E-state index in [0.29, 0.717) is 0 Å². The van der Waals surface area contributed by atoms with Gasteiger partial charge in [0, 0.05) is 9.92 Å². The second kappa shape index (κ2) is 7.15. The Bertz CT molecular complexity index is 302. The first kappa shape index (κ1) is 12.9. The van der Waals surface area contributed by atoms with Gasteiger partial charge in [0.25, 0.3) is 0 Å². The molecule has 0 aliphatic rings. The molecular formula is C12H17ClOS. The Morgan fingerprint density at radius 1 is 1.33 bits per heavy atom. The van der Waals surface area contributed by atoms with Crippen molar-refractivity contribution >= 4 is 23.4 Å². The second-order valence-corrected chi connectivity index (χ2v) is 5.04. The van der Waals surface area contributed by atoms with E-state index in [1.165, 1.54) is 19.3 Å². The normalized spacial score (nSPS) is 10.6. The number of thioether (sulfide) groups is 1. The molecule has 0 spiro atoms. The number of hydrogen-bond acceptors (Lipinski definition) is 2. The van der Waals surface area contributed by atoms with Crippen LogP contribution in [0.2, 0.25) is 5.02 Å². The van der Waals surface area contributed by atoms with Crippen LogP contribution in [0.3, 0.4) is 0 Å². The topological polar surface area (TPSA) is 20.2 Å². The van der Waals surface area contributed by atoms with Crippen LogP contribution < -0.4 is 0 Å². The molecule has 1 rings (SSSR count). The van der Waals surface area contributed by atoms with Crippen LogP contribution in [0.5, 0.6) is 0 Å². The van der Waals surface area contributed by atoms with Gasteiger partial charge in [-0.3, -0.25) is 0 Å². The zero-order valence-corrected chi connectivity index (χ0v) is 10.6. The largest absolute Gasteiger partial charge is 0.392 e. The molecule has 15 heavy (non-hydrogen) atoms. The van der Waals surface area contributed by atoms with Crippen LogP contribution in [0.25, 0.3) is 0 Å². The number of hydrogen-bond donors (Lipinski definition) is 1. The first-order valence-electron chi connectivity index (χ1n) is 5.30. The molecule has 3 heteroatoms. The lowest BCUT2D eigenvalue weighted by atomic mass is 10.2. The molecule has 0 aromatic heterocycles. The zero-order valence-electron chi connectivity index (χ0n) is 9.00. The third-order valence-electron chi connectivity index (χ3n) is 2.21. The maximum atomic E-state index is 9.16. The summed E-state index contributed by atoms with van der Waals surface area (Å²) in [6, 6.07) is 5.65. The maximum absolute atomic E-state index is 9.16. The summed E-state index contributed by atoms with van der Waals surface area (Å²) in [5, 5.41) is 9.90. The molecule has 0 saturated heterocycles. The Morgan fingerprint density at radius 2 is 2.13 bits per heavy atom.